The molecule has 120 valence electrons. The molecule has 0 spiro atoms. The first kappa shape index (κ1) is 17.0. The van der Waals surface area contributed by atoms with Gasteiger partial charge in [0.1, 0.15) is 5.75 Å². The molecule has 1 N–H and O–H groups in total. The molecule has 2 aromatic carbocycles. The number of ether oxygens (including phenoxy) is 2. The molecule has 0 saturated carbocycles. The lowest BCUT2D eigenvalue weighted by Crippen LogP contribution is -2.26. The van der Waals surface area contributed by atoms with Crippen LogP contribution in [0.25, 0.3) is 0 Å². The van der Waals surface area contributed by atoms with Gasteiger partial charge in [0.15, 0.2) is 6.10 Å². The smallest absolute Gasteiger partial charge is 0.273 e. The highest BCUT2D eigenvalue weighted by molar-refractivity contribution is 6.30. The van der Waals surface area contributed by atoms with E-state index in [1.165, 1.54) is 13.3 Å². The monoisotopic (exact) mass is 332 g/mol. The van der Waals surface area contributed by atoms with Gasteiger partial charge in [-0.15, -0.1) is 0 Å². The number of halogens is 1. The number of hydrazone groups is 1. The standard InChI is InChI=1S/C17H17ClN2O3/c1-22-15-5-3-4-12(10-15)11-19-20-17(21)16(23-2)13-6-8-14(18)9-7-13/h3-11,16H,1-2H3,(H,20,21)/b19-11+. The van der Waals surface area contributed by atoms with E-state index in [2.05, 4.69) is 10.5 Å². The van der Waals surface area contributed by atoms with Gasteiger partial charge in [-0.25, -0.2) is 5.43 Å². The van der Waals surface area contributed by atoms with Crippen molar-refractivity contribution in [1.82, 2.24) is 5.43 Å². The average molecular weight is 333 g/mol. The van der Waals surface area contributed by atoms with Crippen molar-refractivity contribution in [2.45, 2.75) is 6.10 Å². The zero-order chi connectivity index (χ0) is 16.7. The van der Waals surface area contributed by atoms with Crippen molar-refractivity contribution in [3.63, 3.8) is 0 Å². The Morgan fingerprint density at radius 3 is 2.61 bits per heavy atom. The molecule has 0 fully saturated rings. The molecule has 0 aliphatic carbocycles. The molecule has 0 aromatic heterocycles. The molecule has 6 heteroatoms. The largest absolute Gasteiger partial charge is 0.497 e. The SMILES string of the molecule is COc1cccc(/C=N/NC(=O)C(OC)c2ccc(Cl)cc2)c1. The van der Waals surface area contributed by atoms with Crippen molar-refractivity contribution in [2.75, 3.05) is 14.2 Å². The second-order valence-corrected chi connectivity index (χ2v) is 5.11. The molecule has 2 rings (SSSR count). The van der Waals surface area contributed by atoms with Crippen LogP contribution in [0.5, 0.6) is 5.75 Å². The normalized spacial score (nSPS) is 12.1. The molecular weight excluding hydrogens is 316 g/mol. The Kier molecular flexibility index (Phi) is 6.14. The van der Waals surface area contributed by atoms with Gasteiger partial charge in [0.05, 0.1) is 13.3 Å². The zero-order valence-electron chi connectivity index (χ0n) is 12.8. The van der Waals surface area contributed by atoms with Crippen LogP contribution in [0.15, 0.2) is 53.6 Å². The highest BCUT2D eigenvalue weighted by atomic mass is 35.5. The molecule has 0 aliphatic rings. The number of carbonyl (C=O) groups excluding carboxylic acids is 1. The summed E-state index contributed by atoms with van der Waals surface area (Å²) in [5.41, 5.74) is 3.97. The fourth-order valence-electron chi connectivity index (χ4n) is 1.98. The minimum Gasteiger partial charge on any atom is -0.497 e. The number of amides is 1. The maximum absolute atomic E-state index is 12.2. The van der Waals surface area contributed by atoms with Gasteiger partial charge in [0.2, 0.25) is 0 Å². The van der Waals surface area contributed by atoms with Crippen molar-refractivity contribution < 1.29 is 14.3 Å². The molecule has 0 heterocycles. The number of nitrogens with one attached hydrogen (secondary N) is 1. The average Bonchev–Trinajstić information content (AvgIpc) is 2.57. The Balaban J connectivity index is 2.01. The van der Waals surface area contributed by atoms with Crippen molar-refractivity contribution in [1.29, 1.82) is 0 Å². The molecule has 0 radical (unpaired) electrons. The van der Waals surface area contributed by atoms with E-state index in [9.17, 15) is 4.79 Å². The van der Waals surface area contributed by atoms with Crippen LogP contribution in [0.4, 0.5) is 0 Å². The molecule has 0 bridgehead atoms. The third-order valence-corrected chi connectivity index (χ3v) is 3.38. The Labute approximate surface area is 139 Å². The second kappa shape index (κ2) is 8.31. The van der Waals surface area contributed by atoms with Gasteiger partial charge in [0.25, 0.3) is 5.91 Å². The van der Waals surface area contributed by atoms with Crippen LogP contribution in [0.3, 0.4) is 0 Å². The van der Waals surface area contributed by atoms with Crippen LogP contribution in [0.1, 0.15) is 17.2 Å². The predicted octanol–water partition coefficient (Wildman–Crippen LogP) is 3.19. The summed E-state index contributed by atoms with van der Waals surface area (Å²) in [4.78, 5) is 12.2. The van der Waals surface area contributed by atoms with E-state index in [-0.39, 0.29) is 5.91 Å². The lowest BCUT2D eigenvalue weighted by atomic mass is 10.1. The van der Waals surface area contributed by atoms with Gasteiger partial charge < -0.3 is 9.47 Å². The quantitative estimate of drug-likeness (QED) is 0.653. The summed E-state index contributed by atoms with van der Waals surface area (Å²) in [6, 6.07) is 14.2. The molecule has 1 amide bonds. The highest BCUT2D eigenvalue weighted by Gasteiger charge is 2.19. The minimum atomic E-state index is -0.755. The van der Waals surface area contributed by atoms with Crippen LogP contribution >= 0.6 is 11.6 Å². The fraction of sp³-hybridized carbons (Fsp3) is 0.176. The maximum Gasteiger partial charge on any atom is 0.273 e. The molecule has 0 aliphatic heterocycles. The number of rotatable bonds is 6. The molecule has 1 unspecified atom stereocenters. The number of carbonyl (C=O) groups is 1. The van der Waals surface area contributed by atoms with E-state index >= 15 is 0 Å². The van der Waals surface area contributed by atoms with Crippen molar-refractivity contribution in [3.05, 3.63) is 64.7 Å². The zero-order valence-corrected chi connectivity index (χ0v) is 13.6. The van der Waals surface area contributed by atoms with E-state index < -0.39 is 6.10 Å². The van der Waals surface area contributed by atoms with Crippen molar-refractivity contribution >= 4 is 23.7 Å². The number of nitrogens with zero attached hydrogens (tertiary/aromatic N) is 1. The van der Waals surface area contributed by atoms with E-state index in [1.807, 2.05) is 24.3 Å². The fourth-order valence-corrected chi connectivity index (χ4v) is 2.11. The van der Waals surface area contributed by atoms with Crippen LogP contribution in [0, 0.1) is 0 Å². The van der Waals surface area contributed by atoms with Gasteiger partial charge >= 0.3 is 0 Å². The summed E-state index contributed by atoms with van der Waals surface area (Å²) in [6.07, 6.45) is 0.782. The number of benzene rings is 2. The van der Waals surface area contributed by atoms with Crippen LogP contribution in [-0.4, -0.2) is 26.3 Å². The molecular formula is C17H17ClN2O3. The third-order valence-electron chi connectivity index (χ3n) is 3.13. The van der Waals surface area contributed by atoms with Gasteiger partial charge in [-0.3, -0.25) is 4.79 Å². The van der Waals surface area contributed by atoms with Crippen LogP contribution in [0.2, 0.25) is 5.02 Å². The van der Waals surface area contributed by atoms with E-state index in [4.69, 9.17) is 21.1 Å². The summed E-state index contributed by atoms with van der Waals surface area (Å²) in [5.74, 6) is 0.352. The second-order valence-electron chi connectivity index (χ2n) is 4.68. The van der Waals surface area contributed by atoms with E-state index in [1.54, 1.807) is 31.4 Å². The lowest BCUT2D eigenvalue weighted by molar-refractivity contribution is -0.131. The summed E-state index contributed by atoms with van der Waals surface area (Å²) in [7, 11) is 3.05. The van der Waals surface area contributed by atoms with Crippen LogP contribution in [-0.2, 0) is 9.53 Å². The van der Waals surface area contributed by atoms with Gasteiger partial charge in [-0.2, -0.15) is 5.10 Å². The maximum atomic E-state index is 12.2. The Morgan fingerprint density at radius 2 is 1.96 bits per heavy atom. The number of hydrogen-bond donors (Lipinski definition) is 1. The minimum absolute atomic E-state index is 0.367. The first-order valence-corrected chi connectivity index (χ1v) is 7.27. The van der Waals surface area contributed by atoms with Gasteiger partial charge in [-0.05, 0) is 35.4 Å². The summed E-state index contributed by atoms with van der Waals surface area (Å²) < 4.78 is 10.4. The number of methoxy groups -OCH3 is 2. The third kappa shape index (κ3) is 4.81. The van der Waals surface area contributed by atoms with Crippen LogP contribution < -0.4 is 10.2 Å². The summed E-state index contributed by atoms with van der Waals surface area (Å²) in [6.45, 7) is 0. The van der Waals surface area contributed by atoms with E-state index in [0.29, 0.717) is 10.6 Å². The Hall–Kier alpha value is -2.37. The molecule has 5 nitrogen and oxygen atoms in total. The molecule has 23 heavy (non-hydrogen) atoms. The summed E-state index contributed by atoms with van der Waals surface area (Å²) in [5, 5.41) is 4.54. The first-order valence-electron chi connectivity index (χ1n) is 6.89. The molecule has 1 atom stereocenters. The van der Waals surface area contributed by atoms with Crippen molar-refractivity contribution in [2.24, 2.45) is 5.10 Å². The highest BCUT2D eigenvalue weighted by Crippen LogP contribution is 2.19. The Bertz CT molecular complexity index is 686. The van der Waals surface area contributed by atoms with Crippen molar-refractivity contribution in [3.8, 4) is 5.75 Å². The lowest BCUT2D eigenvalue weighted by Gasteiger charge is -2.13. The summed E-state index contributed by atoms with van der Waals surface area (Å²) >= 11 is 5.84. The molecule has 0 saturated heterocycles. The Morgan fingerprint density at radius 1 is 1.22 bits per heavy atom. The topological polar surface area (TPSA) is 59.9 Å². The van der Waals surface area contributed by atoms with Gasteiger partial charge in [-0.1, -0.05) is 35.9 Å². The number of hydrogen-bond acceptors (Lipinski definition) is 4. The first-order chi connectivity index (χ1) is 11.1. The van der Waals surface area contributed by atoms with E-state index in [0.717, 1.165) is 11.3 Å². The predicted molar refractivity (Wildman–Crippen MR) is 89.9 cm³/mol. The molecule has 2 aromatic rings. The van der Waals surface area contributed by atoms with Gasteiger partial charge in [0, 0.05) is 12.1 Å².